The Bertz CT molecular complexity index is 1300. The van der Waals surface area contributed by atoms with Crippen molar-refractivity contribution in [1.82, 2.24) is 15.0 Å². The van der Waals surface area contributed by atoms with Gasteiger partial charge in [0.2, 0.25) is 0 Å². The summed E-state index contributed by atoms with van der Waals surface area (Å²) >= 11 is 3.51. The third kappa shape index (κ3) is 5.09. The molecule has 3 aromatic carbocycles. The number of nitrogens with zero attached hydrogens (tertiary/aromatic N) is 3. The molecule has 4 aromatic rings. The van der Waals surface area contributed by atoms with Gasteiger partial charge in [-0.15, -0.1) is 10.2 Å². The third-order valence-electron chi connectivity index (χ3n) is 5.51. The van der Waals surface area contributed by atoms with E-state index in [4.69, 9.17) is 4.74 Å². The lowest BCUT2D eigenvalue weighted by Gasteiger charge is -2.13. The molecule has 4 rings (SSSR count). The zero-order chi connectivity index (χ0) is 23.7. The lowest BCUT2D eigenvalue weighted by molar-refractivity contribution is -0.118. The van der Waals surface area contributed by atoms with Gasteiger partial charge < -0.3 is 10.1 Å². The summed E-state index contributed by atoms with van der Waals surface area (Å²) in [6.07, 6.45) is 0. The zero-order valence-corrected chi connectivity index (χ0v) is 21.0. The highest BCUT2D eigenvalue weighted by Crippen LogP contribution is 2.30. The fraction of sp³-hybridized carbons (Fsp3) is 0.269. The molecule has 0 unspecified atom stereocenters. The highest BCUT2D eigenvalue weighted by atomic mass is 79.9. The van der Waals surface area contributed by atoms with Crippen LogP contribution in [-0.4, -0.2) is 27.5 Å². The Labute approximate surface area is 202 Å². The maximum absolute atomic E-state index is 12.6. The van der Waals surface area contributed by atoms with Crippen molar-refractivity contribution < 1.29 is 9.53 Å². The monoisotopic (exact) mass is 506 g/mol. The van der Waals surface area contributed by atoms with Gasteiger partial charge in [0.15, 0.2) is 6.61 Å². The number of anilines is 1. The first-order valence-electron chi connectivity index (χ1n) is 10.9. The van der Waals surface area contributed by atoms with Crippen molar-refractivity contribution in [2.45, 2.75) is 40.5 Å². The van der Waals surface area contributed by atoms with E-state index in [9.17, 15) is 4.79 Å². The van der Waals surface area contributed by atoms with E-state index in [0.717, 1.165) is 32.4 Å². The van der Waals surface area contributed by atoms with E-state index < -0.39 is 0 Å². The van der Waals surface area contributed by atoms with Crippen LogP contribution in [0.4, 0.5) is 5.69 Å². The van der Waals surface area contributed by atoms with Crippen LogP contribution in [0.25, 0.3) is 16.7 Å². The Kier molecular flexibility index (Phi) is 6.51. The summed E-state index contributed by atoms with van der Waals surface area (Å²) in [6.45, 7) is 10.2. The quantitative estimate of drug-likeness (QED) is 0.335. The molecule has 0 aliphatic heterocycles. The van der Waals surface area contributed by atoms with E-state index in [-0.39, 0.29) is 12.5 Å². The van der Waals surface area contributed by atoms with Gasteiger partial charge in [0.05, 0.1) is 10.2 Å². The molecule has 33 heavy (non-hydrogen) atoms. The minimum Gasteiger partial charge on any atom is -0.482 e. The number of halogens is 1. The van der Waals surface area contributed by atoms with Crippen molar-refractivity contribution in [1.29, 1.82) is 0 Å². The number of amides is 1. The van der Waals surface area contributed by atoms with E-state index in [2.05, 4.69) is 57.4 Å². The Hall–Kier alpha value is -3.19. The molecular weight excluding hydrogens is 480 g/mol. The predicted octanol–water partition coefficient (Wildman–Crippen LogP) is 6.25. The van der Waals surface area contributed by atoms with Crippen molar-refractivity contribution >= 4 is 38.6 Å². The second-order valence-corrected chi connectivity index (χ2v) is 9.48. The van der Waals surface area contributed by atoms with Crippen LogP contribution in [0.3, 0.4) is 0 Å². The fourth-order valence-electron chi connectivity index (χ4n) is 3.72. The van der Waals surface area contributed by atoms with Crippen LogP contribution in [-0.2, 0) is 4.79 Å². The molecule has 0 fully saturated rings. The van der Waals surface area contributed by atoms with Gasteiger partial charge in [0, 0.05) is 5.69 Å². The van der Waals surface area contributed by atoms with Crippen molar-refractivity contribution in [3.05, 3.63) is 75.3 Å². The molecule has 1 N–H and O–H groups in total. The Morgan fingerprint density at radius 2 is 1.67 bits per heavy atom. The molecule has 0 saturated carbocycles. The summed E-state index contributed by atoms with van der Waals surface area (Å²) in [5.41, 5.74) is 7.35. The molecule has 1 aromatic heterocycles. The van der Waals surface area contributed by atoms with Gasteiger partial charge in [0.25, 0.3) is 5.91 Å². The van der Waals surface area contributed by atoms with Gasteiger partial charge in [0.1, 0.15) is 16.8 Å². The number of fused-ring (bicyclic) bond motifs is 1. The first-order valence-corrected chi connectivity index (χ1v) is 11.7. The topological polar surface area (TPSA) is 69.0 Å². The standard InChI is InChI=1S/C26H27BrN4O2/c1-15(2)19-6-8-20(9-7-19)31-29-23-12-17(4)22(13-24(23)30-31)28-25(32)14-33-26-18(5)10-16(3)11-21(26)27/h6-13,15H,14H2,1-5H3,(H,28,32). The summed E-state index contributed by atoms with van der Waals surface area (Å²) in [5, 5.41) is 12.1. The molecule has 0 bridgehead atoms. The lowest BCUT2D eigenvalue weighted by Crippen LogP contribution is -2.21. The zero-order valence-electron chi connectivity index (χ0n) is 19.4. The van der Waals surface area contributed by atoms with Crippen molar-refractivity contribution in [3.63, 3.8) is 0 Å². The summed E-state index contributed by atoms with van der Waals surface area (Å²) in [4.78, 5) is 14.2. The SMILES string of the molecule is Cc1cc(C)c(OCC(=O)Nc2cc3nn(-c4ccc(C(C)C)cc4)nc3cc2C)c(Br)c1. The van der Waals surface area contributed by atoms with E-state index in [1.165, 1.54) is 5.56 Å². The Morgan fingerprint density at radius 3 is 2.30 bits per heavy atom. The molecule has 1 heterocycles. The molecule has 6 nitrogen and oxygen atoms in total. The average molecular weight is 507 g/mol. The molecule has 1 amide bonds. The second-order valence-electron chi connectivity index (χ2n) is 8.62. The second kappa shape index (κ2) is 9.35. The predicted molar refractivity (Wildman–Crippen MR) is 135 cm³/mol. The van der Waals surface area contributed by atoms with Crippen LogP contribution in [0.2, 0.25) is 0 Å². The summed E-state index contributed by atoms with van der Waals surface area (Å²) in [5.74, 6) is 0.910. The van der Waals surface area contributed by atoms with Crippen LogP contribution in [0.1, 0.15) is 42.0 Å². The van der Waals surface area contributed by atoms with Gasteiger partial charge in [-0.3, -0.25) is 4.79 Å². The third-order valence-corrected chi connectivity index (χ3v) is 6.10. The molecule has 0 radical (unpaired) electrons. The van der Waals surface area contributed by atoms with Crippen molar-refractivity contribution in [2.24, 2.45) is 0 Å². The highest BCUT2D eigenvalue weighted by Gasteiger charge is 2.13. The minimum atomic E-state index is -0.235. The lowest BCUT2D eigenvalue weighted by atomic mass is 10.0. The van der Waals surface area contributed by atoms with Gasteiger partial charge in [-0.25, -0.2) is 0 Å². The first-order chi connectivity index (χ1) is 15.7. The summed E-state index contributed by atoms with van der Waals surface area (Å²) < 4.78 is 6.62. The van der Waals surface area contributed by atoms with E-state index in [1.807, 2.05) is 57.2 Å². The smallest absolute Gasteiger partial charge is 0.262 e. The Balaban J connectivity index is 1.50. The molecular formula is C26H27BrN4O2. The summed E-state index contributed by atoms with van der Waals surface area (Å²) in [6, 6.07) is 16.0. The number of carbonyl (C=O) groups excluding carboxylic acids is 1. The minimum absolute atomic E-state index is 0.0884. The van der Waals surface area contributed by atoms with E-state index in [1.54, 1.807) is 4.80 Å². The molecule has 0 aliphatic carbocycles. The number of hydrogen-bond donors (Lipinski definition) is 1. The highest BCUT2D eigenvalue weighted by molar-refractivity contribution is 9.10. The van der Waals surface area contributed by atoms with E-state index >= 15 is 0 Å². The maximum Gasteiger partial charge on any atom is 0.262 e. The van der Waals surface area contributed by atoms with Gasteiger partial charge in [-0.05, 0) is 95.2 Å². The molecule has 7 heteroatoms. The van der Waals surface area contributed by atoms with Gasteiger partial charge >= 0.3 is 0 Å². The van der Waals surface area contributed by atoms with E-state index in [0.29, 0.717) is 22.9 Å². The largest absolute Gasteiger partial charge is 0.482 e. The fourth-order valence-corrected chi connectivity index (χ4v) is 4.51. The van der Waals surface area contributed by atoms with Crippen LogP contribution in [0.15, 0.2) is 53.0 Å². The van der Waals surface area contributed by atoms with Crippen molar-refractivity contribution in [2.75, 3.05) is 11.9 Å². The van der Waals surface area contributed by atoms with Crippen LogP contribution >= 0.6 is 15.9 Å². The molecule has 0 atom stereocenters. The number of aromatic nitrogens is 3. The number of aryl methyl sites for hydroxylation is 3. The summed E-state index contributed by atoms with van der Waals surface area (Å²) in [7, 11) is 0. The molecule has 170 valence electrons. The van der Waals surface area contributed by atoms with Gasteiger partial charge in [-0.2, -0.15) is 4.80 Å². The molecule has 0 saturated heterocycles. The number of ether oxygens (including phenoxy) is 1. The van der Waals surface area contributed by atoms with Crippen LogP contribution in [0, 0.1) is 20.8 Å². The van der Waals surface area contributed by atoms with Crippen LogP contribution < -0.4 is 10.1 Å². The van der Waals surface area contributed by atoms with Crippen LogP contribution in [0.5, 0.6) is 5.75 Å². The maximum atomic E-state index is 12.6. The first kappa shape index (κ1) is 23.0. The number of nitrogens with one attached hydrogen (secondary N) is 1. The van der Waals surface area contributed by atoms with Gasteiger partial charge in [-0.1, -0.05) is 32.0 Å². The number of rotatable bonds is 6. The number of benzene rings is 3. The van der Waals surface area contributed by atoms with Crippen molar-refractivity contribution in [3.8, 4) is 11.4 Å². The Morgan fingerprint density at radius 1 is 1.00 bits per heavy atom. The molecule has 0 spiro atoms. The molecule has 0 aliphatic rings. The number of carbonyl (C=O) groups is 1. The normalized spacial score (nSPS) is 11.2. The average Bonchev–Trinajstić information content (AvgIpc) is 3.16. The number of hydrogen-bond acceptors (Lipinski definition) is 4.